The maximum Gasteiger partial charge on any atom is 0.114 e. The van der Waals surface area contributed by atoms with Gasteiger partial charge in [0.25, 0.3) is 0 Å². The second-order valence-corrected chi connectivity index (χ2v) is 8.85. The van der Waals surface area contributed by atoms with Crippen molar-refractivity contribution < 1.29 is 0 Å². The fourth-order valence-electron chi connectivity index (χ4n) is 2.47. The first-order valence-corrected chi connectivity index (χ1v) is 8.50. The Morgan fingerprint density at radius 1 is 0.727 bits per heavy atom. The van der Waals surface area contributed by atoms with Crippen molar-refractivity contribution in [1.29, 1.82) is 0 Å². The van der Waals surface area contributed by atoms with Crippen molar-refractivity contribution in [2.45, 2.75) is 52.4 Å². The van der Waals surface area contributed by atoms with Crippen molar-refractivity contribution in [3.8, 4) is 11.1 Å². The van der Waals surface area contributed by atoms with Gasteiger partial charge in [-0.15, -0.1) is 0 Å². The number of hydrogen-bond acceptors (Lipinski definition) is 0. The van der Waals surface area contributed by atoms with Crippen molar-refractivity contribution >= 4 is 29.2 Å². The molecule has 0 fully saturated rings. The lowest BCUT2D eigenvalue weighted by molar-refractivity contribution is 0.589. The molecule has 0 spiro atoms. The highest BCUT2D eigenvalue weighted by Gasteiger charge is 2.17. The van der Waals surface area contributed by atoms with Crippen molar-refractivity contribution in [3.63, 3.8) is 0 Å². The molecular formula is C20H24BBr. The molecule has 0 N–H and O–H groups in total. The maximum absolute atomic E-state index is 6.32. The summed E-state index contributed by atoms with van der Waals surface area (Å²) in [5, 5.41) is 0. The number of halogens is 1. The van der Waals surface area contributed by atoms with Crippen LogP contribution in [-0.4, -0.2) is 7.85 Å². The predicted molar refractivity (Wildman–Crippen MR) is 102 cm³/mol. The van der Waals surface area contributed by atoms with E-state index in [0.29, 0.717) is 0 Å². The van der Waals surface area contributed by atoms with Gasteiger partial charge < -0.3 is 0 Å². The highest BCUT2D eigenvalue weighted by atomic mass is 79.9. The topological polar surface area (TPSA) is 0 Å². The molecule has 0 unspecified atom stereocenters. The summed E-state index contributed by atoms with van der Waals surface area (Å²) in [6, 6.07) is 13.0. The zero-order valence-corrected chi connectivity index (χ0v) is 16.0. The van der Waals surface area contributed by atoms with E-state index in [1.807, 2.05) is 0 Å². The van der Waals surface area contributed by atoms with Gasteiger partial charge in [-0.25, -0.2) is 0 Å². The summed E-state index contributed by atoms with van der Waals surface area (Å²) in [4.78, 5) is 0. The quantitative estimate of drug-likeness (QED) is 0.592. The van der Waals surface area contributed by atoms with Gasteiger partial charge in [-0.2, -0.15) is 0 Å². The van der Waals surface area contributed by atoms with Gasteiger partial charge in [0.1, 0.15) is 7.85 Å². The van der Waals surface area contributed by atoms with E-state index in [-0.39, 0.29) is 10.8 Å². The molecule has 0 aliphatic carbocycles. The van der Waals surface area contributed by atoms with Crippen LogP contribution in [0.4, 0.5) is 0 Å². The Morgan fingerprint density at radius 2 is 1.18 bits per heavy atom. The van der Waals surface area contributed by atoms with Gasteiger partial charge in [-0.1, -0.05) is 93.3 Å². The Labute approximate surface area is 144 Å². The summed E-state index contributed by atoms with van der Waals surface area (Å²) in [6.07, 6.45) is 0. The van der Waals surface area contributed by atoms with Gasteiger partial charge in [0.2, 0.25) is 0 Å². The Balaban J connectivity index is 2.49. The largest absolute Gasteiger partial charge is 0.114 e. The molecule has 2 heteroatoms. The Kier molecular flexibility index (Phi) is 4.64. The summed E-state index contributed by atoms with van der Waals surface area (Å²) in [6.45, 7) is 13.3. The third-order valence-corrected chi connectivity index (χ3v) is 4.70. The van der Waals surface area contributed by atoms with Crippen molar-refractivity contribution in [2.75, 3.05) is 0 Å². The second kappa shape index (κ2) is 5.89. The summed E-state index contributed by atoms with van der Waals surface area (Å²) in [5.74, 6) is 0. The van der Waals surface area contributed by atoms with E-state index in [1.165, 1.54) is 11.1 Å². The Bertz CT molecular complexity index is 626. The molecule has 0 amide bonds. The molecule has 0 atom stereocenters. The van der Waals surface area contributed by atoms with Gasteiger partial charge >= 0.3 is 0 Å². The highest BCUT2D eigenvalue weighted by Crippen LogP contribution is 2.33. The van der Waals surface area contributed by atoms with Gasteiger partial charge in [0.15, 0.2) is 0 Å². The van der Waals surface area contributed by atoms with Crippen LogP contribution in [-0.2, 0) is 10.8 Å². The van der Waals surface area contributed by atoms with Crippen LogP contribution in [0.15, 0.2) is 40.9 Å². The van der Waals surface area contributed by atoms with E-state index in [1.54, 1.807) is 0 Å². The minimum Gasteiger partial charge on any atom is -0.0886 e. The first-order valence-electron chi connectivity index (χ1n) is 7.70. The summed E-state index contributed by atoms with van der Waals surface area (Å²) < 4.78 is 1.09. The molecule has 0 bridgehead atoms. The lowest BCUT2D eigenvalue weighted by Gasteiger charge is -2.22. The van der Waals surface area contributed by atoms with E-state index in [2.05, 4.69) is 93.9 Å². The molecular weight excluding hydrogens is 331 g/mol. The summed E-state index contributed by atoms with van der Waals surface area (Å²) in [5.41, 5.74) is 5.88. The fraction of sp³-hybridized carbons (Fsp3) is 0.400. The lowest BCUT2D eigenvalue weighted by atomic mass is 9.79. The summed E-state index contributed by atoms with van der Waals surface area (Å²) >= 11 is 3.71. The molecule has 2 rings (SSSR count). The van der Waals surface area contributed by atoms with E-state index in [4.69, 9.17) is 7.85 Å². The average Bonchev–Trinajstić information content (AvgIpc) is 2.37. The standard InChI is InChI=1S/C20H24BBr/c1-19(2,3)13-7-9-15(17(21)11-13)16-10-8-14(12-18(16)22)20(4,5)6/h7-12H,1-6H3. The van der Waals surface area contributed by atoms with Crippen LogP contribution in [0.2, 0.25) is 0 Å². The smallest absolute Gasteiger partial charge is 0.0886 e. The minimum absolute atomic E-state index is 0.111. The van der Waals surface area contributed by atoms with Crippen LogP contribution in [0, 0.1) is 0 Å². The predicted octanol–water partition coefficient (Wildman–Crippen LogP) is 5.50. The Hall–Kier alpha value is -1.02. The zero-order chi connectivity index (χ0) is 16.7. The monoisotopic (exact) mass is 354 g/mol. The Morgan fingerprint density at radius 3 is 1.59 bits per heavy atom. The molecule has 2 aromatic carbocycles. The third kappa shape index (κ3) is 3.66. The number of rotatable bonds is 1. The number of benzene rings is 2. The van der Waals surface area contributed by atoms with Gasteiger partial charge in [0, 0.05) is 4.47 Å². The minimum atomic E-state index is 0.111. The number of hydrogen-bond donors (Lipinski definition) is 0. The lowest BCUT2D eigenvalue weighted by Crippen LogP contribution is -2.17. The van der Waals surface area contributed by atoms with Crippen LogP contribution in [0.5, 0.6) is 0 Å². The molecule has 2 radical (unpaired) electrons. The summed E-state index contributed by atoms with van der Waals surface area (Å²) in [7, 11) is 6.32. The molecule has 114 valence electrons. The molecule has 22 heavy (non-hydrogen) atoms. The van der Waals surface area contributed by atoms with Crippen LogP contribution < -0.4 is 5.46 Å². The molecule has 0 aliphatic rings. The van der Waals surface area contributed by atoms with Crippen LogP contribution in [0.1, 0.15) is 52.7 Å². The van der Waals surface area contributed by atoms with Crippen LogP contribution >= 0.6 is 15.9 Å². The highest BCUT2D eigenvalue weighted by molar-refractivity contribution is 9.10. The van der Waals surface area contributed by atoms with E-state index < -0.39 is 0 Å². The van der Waals surface area contributed by atoms with Crippen LogP contribution in [0.25, 0.3) is 11.1 Å². The third-order valence-electron chi connectivity index (χ3n) is 4.04. The zero-order valence-electron chi connectivity index (χ0n) is 14.4. The van der Waals surface area contributed by atoms with E-state index in [0.717, 1.165) is 21.1 Å². The van der Waals surface area contributed by atoms with Gasteiger partial charge in [-0.3, -0.25) is 0 Å². The fourth-order valence-corrected chi connectivity index (χ4v) is 3.07. The van der Waals surface area contributed by atoms with Gasteiger partial charge in [-0.05, 0) is 39.2 Å². The first-order chi connectivity index (χ1) is 10.00. The van der Waals surface area contributed by atoms with Crippen molar-refractivity contribution in [1.82, 2.24) is 0 Å². The maximum atomic E-state index is 6.32. The van der Waals surface area contributed by atoms with E-state index in [9.17, 15) is 0 Å². The van der Waals surface area contributed by atoms with Crippen molar-refractivity contribution in [3.05, 3.63) is 52.0 Å². The SMILES string of the molecule is [B]c1cc(C(C)(C)C)ccc1-c1ccc(C(C)(C)C)cc1Br. The average molecular weight is 355 g/mol. The molecule has 0 heterocycles. The molecule has 0 saturated carbocycles. The second-order valence-electron chi connectivity index (χ2n) is 8.00. The first kappa shape index (κ1) is 17.3. The van der Waals surface area contributed by atoms with Gasteiger partial charge in [0.05, 0.1) is 0 Å². The molecule has 2 aromatic rings. The molecule has 0 saturated heterocycles. The van der Waals surface area contributed by atoms with Crippen molar-refractivity contribution in [2.24, 2.45) is 0 Å². The molecule has 0 nitrogen and oxygen atoms in total. The molecule has 0 aliphatic heterocycles. The van der Waals surface area contributed by atoms with Crippen LogP contribution in [0.3, 0.4) is 0 Å². The molecule has 0 aromatic heterocycles. The normalized spacial score (nSPS) is 12.5. The van der Waals surface area contributed by atoms with E-state index >= 15 is 0 Å².